The van der Waals surface area contributed by atoms with Gasteiger partial charge in [0.05, 0.1) is 23.8 Å². The SMILES string of the molecule is O=C1NC(=Nc2ccccc2)S/C1=C/c1ccccc1N1CCOCC1. The molecule has 1 N–H and O–H groups in total. The summed E-state index contributed by atoms with van der Waals surface area (Å²) in [4.78, 5) is 19.8. The fourth-order valence-electron chi connectivity index (χ4n) is 2.94. The van der Waals surface area contributed by atoms with Crippen LogP contribution in [0.3, 0.4) is 0 Å². The predicted octanol–water partition coefficient (Wildman–Crippen LogP) is 3.41. The topological polar surface area (TPSA) is 53.9 Å². The van der Waals surface area contributed by atoms with Crippen LogP contribution < -0.4 is 10.2 Å². The van der Waals surface area contributed by atoms with Crippen LogP contribution in [0.5, 0.6) is 0 Å². The van der Waals surface area contributed by atoms with E-state index in [2.05, 4.69) is 21.3 Å². The Bertz CT molecular complexity index is 858. The Balaban J connectivity index is 1.59. The van der Waals surface area contributed by atoms with Gasteiger partial charge >= 0.3 is 0 Å². The van der Waals surface area contributed by atoms with Crippen molar-refractivity contribution < 1.29 is 9.53 Å². The van der Waals surface area contributed by atoms with Crippen LogP contribution in [0.15, 0.2) is 64.5 Å². The first kappa shape index (κ1) is 16.9. The van der Waals surface area contributed by atoms with E-state index in [-0.39, 0.29) is 5.91 Å². The Hall–Kier alpha value is -2.57. The van der Waals surface area contributed by atoms with Gasteiger partial charge in [-0.05, 0) is 41.6 Å². The minimum Gasteiger partial charge on any atom is -0.378 e. The van der Waals surface area contributed by atoms with E-state index in [9.17, 15) is 4.79 Å². The normalized spacial score (nSPS) is 20.6. The second-order valence-electron chi connectivity index (χ2n) is 5.98. The van der Waals surface area contributed by atoms with E-state index in [0.29, 0.717) is 10.1 Å². The highest BCUT2D eigenvalue weighted by Gasteiger charge is 2.24. The molecule has 0 radical (unpaired) electrons. The van der Waals surface area contributed by atoms with E-state index in [1.807, 2.05) is 54.6 Å². The minimum absolute atomic E-state index is 0.110. The number of nitrogens with zero attached hydrogens (tertiary/aromatic N) is 2. The molecule has 0 saturated carbocycles. The fourth-order valence-corrected chi connectivity index (χ4v) is 3.78. The van der Waals surface area contributed by atoms with Crippen LogP contribution in [0.1, 0.15) is 5.56 Å². The first-order chi connectivity index (χ1) is 12.8. The molecule has 0 atom stereocenters. The number of carbonyl (C=O) groups excluding carboxylic acids is 1. The van der Waals surface area contributed by atoms with Crippen molar-refractivity contribution in [3.63, 3.8) is 0 Å². The third kappa shape index (κ3) is 3.81. The van der Waals surface area contributed by atoms with Crippen LogP contribution in [-0.2, 0) is 9.53 Å². The Morgan fingerprint density at radius 1 is 1.04 bits per heavy atom. The number of amidine groups is 1. The number of aliphatic imine (C=N–C) groups is 1. The number of ether oxygens (including phenoxy) is 1. The average molecular weight is 365 g/mol. The van der Waals surface area contributed by atoms with Gasteiger partial charge in [0.15, 0.2) is 5.17 Å². The molecule has 5 nitrogen and oxygen atoms in total. The number of para-hydroxylation sites is 2. The summed E-state index contributed by atoms with van der Waals surface area (Å²) in [5.74, 6) is -0.110. The summed E-state index contributed by atoms with van der Waals surface area (Å²) in [6.45, 7) is 3.18. The number of nitrogens with one attached hydrogen (secondary N) is 1. The molecular formula is C20H19N3O2S. The summed E-state index contributed by atoms with van der Waals surface area (Å²) in [5, 5.41) is 3.45. The molecule has 2 fully saturated rings. The van der Waals surface area contributed by atoms with Gasteiger partial charge in [-0.25, -0.2) is 4.99 Å². The van der Waals surface area contributed by atoms with E-state index in [4.69, 9.17) is 4.74 Å². The molecule has 1 amide bonds. The van der Waals surface area contributed by atoms with Crippen molar-refractivity contribution in [1.29, 1.82) is 0 Å². The second kappa shape index (κ2) is 7.76. The maximum Gasteiger partial charge on any atom is 0.264 e. The molecule has 2 aromatic carbocycles. The lowest BCUT2D eigenvalue weighted by molar-refractivity contribution is -0.115. The van der Waals surface area contributed by atoms with Crippen molar-refractivity contribution in [3.8, 4) is 0 Å². The molecule has 2 aliphatic rings. The first-order valence-corrected chi connectivity index (χ1v) is 9.37. The van der Waals surface area contributed by atoms with E-state index in [1.165, 1.54) is 11.8 Å². The van der Waals surface area contributed by atoms with Crippen LogP contribution in [0.4, 0.5) is 11.4 Å². The average Bonchev–Trinajstić information content (AvgIpc) is 3.02. The van der Waals surface area contributed by atoms with Crippen molar-refractivity contribution in [1.82, 2.24) is 5.32 Å². The van der Waals surface area contributed by atoms with Gasteiger partial charge in [-0.2, -0.15) is 0 Å². The van der Waals surface area contributed by atoms with Crippen LogP contribution in [-0.4, -0.2) is 37.4 Å². The van der Waals surface area contributed by atoms with Gasteiger partial charge in [0.1, 0.15) is 0 Å². The van der Waals surface area contributed by atoms with Crippen LogP contribution in [0, 0.1) is 0 Å². The Morgan fingerprint density at radius 2 is 1.77 bits per heavy atom. The van der Waals surface area contributed by atoms with Gasteiger partial charge in [-0.3, -0.25) is 4.79 Å². The molecule has 0 bridgehead atoms. The van der Waals surface area contributed by atoms with Gasteiger partial charge in [-0.15, -0.1) is 0 Å². The fraction of sp³-hybridized carbons (Fsp3) is 0.200. The number of benzene rings is 2. The first-order valence-electron chi connectivity index (χ1n) is 8.56. The number of thioether (sulfide) groups is 1. The van der Waals surface area contributed by atoms with Gasteiger partial charge < -0.3 is 15.0 Å². The Labute approximate surface area is 156 Å². The number of amides is 1. The van der Waals surface area contributed by atoms with Gasteiger partial charge in [-0.1, -0.05) is 36.4 Å². The molecule has 0 aromatic heterocycles. The smallest absolute Gasteiger partial charge is 0.264 e. The van der Waals surface area contributed by atoms with Crippen LogP contribution in [0.2, 0.25) is 0 Å². The predicted molar refractivity (Wildman–Crippen MR) is 107 cm³/mol. The summed E-state index contributed by atoms with van der Waals surface area (Å²) >= 11 is 1.37. The highest BCUT2D eigenvalue weighted by Crippen LogP contribution is 2.31. The van der Waals surface area contributed by atoms with E-state index < -0.39 is 0 Å². The van der Waals surface area contributed by atoms with Crippen LogP contribution in [0.25, 0.3) is 6.08 Å². The molecule has 2 saturated heterocycles. The van der Waals surface area contributed by atoms with Crippen molar-refractivity contribution in [3.05, 3.63) is 65.1 Å². The van der Waals surface area contributed by atoms with E-state index in [1.54, 1.807) is 0 Å². The highest BCUT2D eigenvalue weighted by molar-refractivity contribution is 8.18. The maximum absolute atomic E-state index is 12.4. The Morgan fingerprint density at radius 3 is 2.58 bits per heavy atom. The standard InChI is InChI=1S/C20H19N3O2S/c24-19-18(26-20(22-19)21-16-7-2-1-3-8-16)14-15-6-4-5-9-17(15)23-10-12-25-13-11-23/h1-9,14H,10-13H2,(H,21,22,24)/b18-14+. The summed E-state index contributed by atoms with van der Waals surface area (Å²) in [7, 11) is 0. The molecule has 4 rings (SSSR count). The van der Waals surface area contributed by atoms with Crippen molar-refractivity contribution in [2.45, 2.75) is 0 Å². The van der Waals surface area contributed by atoms with Gasteiger partial charge in [0.25, 0.3) is 5.91 Å². The quantitative estimate of drug-likeness (QED) is 0.847. The van der Waals surface area contributed by atoms with Crippen molar-refractivity contribution in [2.75, 3.05) is 31.2 Å². The molecule has 0 unspecified atom stereocenters. The number of hydrogen-bond acceptors (Lipinski definition) is 5. The van der Waals surface area contributed by atoms with Gasteiger partial charge in [0.2, 0.25) is 0 Å². The molecule has 6 heteroatoms. The molecule has 2 heterocycles. The lowest BCUT2D eigenvalue weighted by Crippen LogP contribution is -2.36. The largest absolute Gasteiger partial charge is 0.378 e. The lowest BCUT2D eigenvalue weighted by atomic mass is 10.1. The maximum atomic E-state index is 12.4. The van der Waals surface area contributed by atoms with Crippen molar-refractivity contribution in [2.24, 2.45) is 4.99 Å². The number of hydrogen-bond donors (Lipinski definition) is 1. The van der Waals surface area contributed by atoms with E-state index in [0.717, 1.165) is 43.2 Å². The third-order valence-corrected chi connectivity index (χ3v) is 5.12. The molecule has 0 spiro atoms. The molecule has 132 valence electrons. The summed E-state index contributed by atoms with van der Waals surface area (Å²) < 4.78 is 5.44. The summed E-state index contributed by atoms with van der Waals surface area (Å²) in [5.41, 5.74) is 2.99. The van der Waals surface area contributed by atoms with Crippen molar-refractivity contribution >= 4 is 40.3 Å². The summed E-state index contributed by atoms with van der Waals surface area (Å²) in [6.07, 6.45) is 1.94. The zero-order valence-electron chi connectivity index (χ0n) is 14.2. The molecule has 0 aliphatic carbocycles. The molecule has 26 heavy (non-hydrogen) atoms. The zero-order chi connectivity index (χ0) is 17.8. The highest BCUT2D eigenvalue weighted by atomic mass is 32.2. The monoisotopic (exact) mass is 365 g/mol. The van der Waals surface area contributed by atoms with Gasteiger partial charge in [0, 0.05) is 18.8 Å². The molecule has 2 aromatic rings. The number of rotatable bonds is 3. The zero-order valence-corrected chi connectivity index (χ0v) is 15.0. The van der Waals surface area contributed by atoms with E-state index >= 15 is 0 Å². The Kier molecular flexibility index (Phi) is 5.04. The number of morpholine rings is 1. The molecular weight excluding hydrogens is 346 g/mol. The lowest BCUT2D eigenvalue weighted by Gasteiger charge is -2.30. The number of anilines is 1. The van der Waals surface area contributed by atoms with Crippen LogP contribution >= 0.6 is 11.8 Å². The third-order valence-electron chi connectivity index (χ3n) is 4.21. The summed E-state index contributed by atoms with van der Waals surface area (Å²) in [6, 6.07) is 17.8. The second-order valence-corrected chi connectivity index (χ2v) is 7.01. The number of carbonyl (C=O) groups is 1. The minimum atomic E-state index is -0.110. The molecule has 2 aliphatic heterocycles.